The highest BCUT2D eigenvalue weighted by molar-refractivity contribution is 5.96. The minimum Gasteiger partial charge on any atom is -0.458 e. The van der Waals surface area contributed by atoms with Gasteiger partial charge in [-0.15, -0.1) is 0 Å². The number of carbonyl (C=O) groups excluding carboxylic acids is 4. The van der Waals surface area contributed by atoms with Crippen LogP contribution in [0.3, 0.4) is 0 Å². The lowest BCUT2D eigenvalue weighted by molar-refractivity contribution is -0.201. The first-order chi connectivity index (χ1) is 21.3. The van der Waals surface area contributed by atoms with E-state index in [0.29, 0.717) is 11.1 Å². The maximum absolute atomic E-state index is 14.1. The second-order valence-electron chi connectivity index (χ2n) is 11.1. The largest absolute Gasteiger partial charge is 0.458 e. The van der Waals surface area contributed by atoms with E-state index in [1.807, 2.05) is 0 Å². The van der Waals surface area contributed by atoms with Gasteiger partial charge in [-0.2, -0.15) is 18.2 Å². The number of alkyl halides is 3. The van der Waals surface area contributed by atoms with Crippen LogP contribution in [0, 0.1) is 5.41 Å². The smallest absolute Gasteiger partial charge is 0.422 e. The Bertz CT molecular complexity index is 1320. The van der Waals surface area contributed by atoms with E-state index in [2.05, 4.69) is 15.4 Å². The first kappa shape index (κ1) is 32.8. The third kappa shape index (κ3) is 6.68. The van der Waals surface area contributed by atoms with Crippen LogP contribution in [0.15, 0.2) is 30.3 Å². The van der Waals surface area contributed by atoms with Crippen molar-refractivity contribution in [2.24, 2.45) is 5.41 Å². The molecule has 8 unspecified atom stereocenters. The number of nitrogens with one attached hydrogen (secondary N) is 2. The second-order valence-corrected chi connectivity index (χ2v) is 11.1. The zero-order valence-corrected chi connectivity index (χ0v) is 23.9. The van der Waals surface area contributed by atoms with E-state index < -0.39 is 84.6 Å². The first-order valence-electron chi connectivity index (χ1n) is 14.1. The molecule has 3 aliphatic heterocycles. The summed E-state index contributed by atoms with van der Waals surface area (Å²) >= 11 is 0. The third-order valence-electron chi connectivity index (χ3n) is 8.07. The van der Waals surface area contributed by atoms with E-state index in [1.165, 1.54) is 18.1 Å². The lowest BCUT2D eigenvalue weighted by atomic mass is 9.62. The molecule has 2 amide bonds. The van der Waals surface area contributed by atoms with Gasteiger partial charge in [-0.1, -0.05) is 24.3 Å². The highest BCUT2D eigenvalue weighted by Gasteiger charge is 2.74. The summed E-state index contributed by atoms with van der Waals surface area (Å²) in [6, 6.07) is 3.72. The quantitative estimate of drug-likeness (QED) is 0.177. The molecule has 246 valence electrons. The molecule has 2 bridgehead atoms. The molecular weight excluding hydrogens is 611 g/mol. The number of esters is 2. The Morgan fingerprint density at radius 2 is 1.91 bits per heavy atom. The summed E-state index contributed by atoms with van der Waals surface area (Å²) in [6.45, 7) is -1.00. The Kier molecular flexibility index (Phi) is 9.48. The standard InChI is InChI=1S/C28H32F3N3O11/c1-14(36)19(24(38)32-8-9-35)33-26(40)27-10-17-20-21(43-13-42-20)23(27)45-34(22(27)25(39)44-17)11-16-4-2-15(3-5-16)6-7-18(37)41-12-28(29,30)31/h2-7,14,17,19-23,35-36H,8-13H2,1H3,(H,32,38)(H,33,40). The van der Waals surface area contributed by atoms with Crippen molar-refractivity contribution in [1.29, 1.82) is 0 Å². The van der Waals surface area contributed by atoms with Crippen molar-refractivity contribution in [3.05, 3.63) is 41.5 Å². The van der Waals surface area contributed by atoms with Crippen LogP contribution >= 0.6 is 0 Å². The molecule has 1 aliphatic carbocycles. The molecule has 0 aromatic heterocycles. The van der Waals surface area contributed by atoms with Gasteiger partial charge in [0.05, 0.1) is 19.3 Å². The maximum atomic E-state index is 14.1. The lowest BCUT2D eigenvalue weighted by Crippen LogP contribution is -2.71. The summed E-state index contributed by atoms with van der Waals surface area (Å²) in [5.74, 6) is -3.39. The predicted octanol–water partition coefficient (Wildman–Crippen LogP) is -0.679. The predicted molar refractivity (Wildman–Crippen MR) is 142 cm³/mol. The van der Waals surface area contributed by atoms with Gasteiger partial charge in [0, 0.05) is 19.0 Å². The molecule has 1 saturated carbocycles. The van der Waals surface area contributed by atoms with E-state index in [4.69, 9.17) is 24.2 Å². The lowest BCUT2D eigenvalue weighted by Gasteiger charge is -2.49. The summed E-state index contributed by atoms with van der Waals surface area (Å²) in [7, 11) is 0. The molecule has 4 fully saturated rings. The molecule has 4 N–H and O–H groups in total. The van der Waals surface area contributed by atoms with Crippen molar-refractivity contribution < 1.29 is 66.3 Å². The van der Waals surface area contributed by atoms with Crippen molar-refractivity contribution in [1.82, 2.24) is 15.7 Å². The van der Waals surface area contributed by atoms with Gasteiger partial charge in [0.15, 0.2) is 12.6 Å². The topological polar surface area (TPSA) is 182 Å². The number of halogens is 3. The maximum Gasteiger partial charge on any atom is 0.422 e. The third-order valence-corrected chi connectivity index (χ3v) is 8.07. The summed E-state index contributed by atoms with van der Waals surface area (Å²) in [4.78, 5) is 58.1. The molecule has 14 nitrogen and oxygen atoms in total. The SMILES string of the molecule is CC(O)C(NC(=O)C12CC3OC(=O)C1N(Cc1ccc(C=CC(=O)OCC(F)(F)F)cc1)OC2C1OCOC31)C(=O)NCCO. The monoisotopic (exact) mass is 643 g/mol. The van der Waals surface area contributed by atoms with Crippen LogP contribution in [0.4, 0.5) is 13.2 Å². The summed E-state index contributed by atoms with van der Waals surface area (Å²) < 4.78 is 58.0. The normalized spacial score (nSPS) is 30.4. The fraction of sp³-hybridized carbons (Fsp3) is 0.571. The van der Waals surface area contributed by atoms with Gasteiger partial charge in [-0.05, 0) is 24.1 Å². The number of ether oxygens (including phenoxy) is 4. The average molecular weight is 644 g/mol. The van der Waals surface area contributed by atoms with Gasteiger partial charge >= 0.3 is 18.1 Å². The Labute approximate surface area is 254 Å². The van der Waals surface area contributed by atoms with Crippen LogP contribution in [-0.2, 0) is 49.5 Å². The number of aliphatic hydroxyl groups excluding tert-OH is 2. The molecular formula is C28H32F3N3O11. The van der Waals surface area contributed by atoms with Crippen LogP contribution in [0.25, 0.3) is 6.08 Å². The Morgan fingerprint density at radius 3 is 2.58 bits per heavy atom. The molecule has 1 aromatic carbocycles. The fourth-order valence-corrected chi connectivity index (χ4v) is 6.08. The van der Waals surface area contributed by atoms with Crippen molar-refractivity contribution >= 4 is 29.8 Å². The van der Waals surface area contributed by atoms with Crippen LogP contribution in [0.2, 0.25) is 0 Å². The molecule has 17 heteroatoms. The first-order valence-corrected chi connectivity index (χ1v) is 14.1. The molecule has 0 spiro atoms. The summed E-state index contributed by atoms with van der Waals surface area (Å²) in [6.07, 6.45) is -7.22. The van der Waals surface area contributed by atoms with Gasteiger partial charge in [0.25, 0.3) is 0 Å². The zero-order valence-electron chi connectivity index (χ0n) is 23.9. The van der Waals surface area contributed by atoms with Crippen LogP contribution in [0.1, 0.15) is 24.5 Å². The van der Waals surface area contributed by atoms with Gasteiger partial charge in [-0.3, -0.25) is 19.2 Å². The minimum atomic E-state index is -4.64. The highest BCUT2D eigenvalue weighted by atomic mass is 19.4. The van der Waals surface area contributed by atoms with Crippen LogP contribution in [-0.4, -0.2) is 114 Å². The van der Waals surface area contributed by atoms with Crippen LogP contribution < -0.4 is 10.6 Å². The van der Waals surface area contributed by atoms with Crippen molar-refractivity contribution in [2.45, 2.75) is 68.7 Å². The van der Waals surface area contributed by atoms with E-state index in [-0.39, 0.29) is 32.9 Å². The number of rotatable bonds is 11. The average Bonchev–Trinajstić information content (AvgIpc) is 3.61. The summed E-state index contributed by atoms with van der Waals surface area (Å²) in [5, 5.41) is 25.7. The highest BCUT2D eigenvalue weighted by Crippen LogP contribution is 2.55. The number of hydrogen-bond donors (Lipinski definition) is 4. The molecule has 8 atom stereocenters. The number of nitrogens with zero attached hydrogens (tertiary/aromatic N) is 1. The van der Waals surface area contributed by atoms with Crippen LogP contribution in [0.5, 0.6) is 0 Å². The minimum absolute atomic E-state index is 0.0140. The zero-order chi connectivity index (χ0) is 32.5. The Hall–Kier alpha value is -3.61. The molecule has 5 rings (SSSR count). The van der Waals surface area contributed by atoms with E-state index in [0.717, 1.165) is 6.08 Å². The number of benzene rings is 1. The van der Waals surface area contributed by atoms with E-state index in [9.17, 15) is 37.5 Å². The molecule has 4 aliphatic rings. The molecule has 1 aromatic rings. The second kappa shape index (κ2) is 13.0. The van der Waals surface area contributed by atoms with Crippen molar-refractivity contribution in [2.75, 3.05) is 26.6 Å². The van der Waals surface area contributed by atoms with Crippen molar-refractivity contribution in [3.8, 4) is 0 Å². The van der Waals surface area contributed by atoms with Gasteiger partial charge < -0.3 is 39.8 Å². The number of carbonyl (C=O) groups is 4. The number of aliphatic hydroxyl groups is 2. The number of fused-ring (bicyclic) bond motifs is 4. The molecule has 45 heavy (non-hydrogen) atoms. The molecule has 3 saturated heterocycles. The Balaban J connectivity index is 1.36. The summed E-state index contributed by atoms with van der Waals surface area (Å²) in [5.41, 5.74) is -0.530. The van der Waals surface area contributed by atoms with Gasteiger partial charge in [-0.25, -0.2) is 4.79 Å². The van der Waals surface area contributed by atoms with Gasteiger partial charge in [0.1, 0.15) is 42.7 Å². The number of hydrogen-bond acceptors (Lipinski definition) is 12. The van der Waals surface area contributed by atoms with Crippen molar-refractivity contribution in [3.63, 3.8) is 0 Å². The molecule has 3 heterocycles. The van der Waals surface area contributed by atoms with E-state index in [1.54, 1.807) is 24.3 Å². The number of amides is 2. The van der Waals surface area contributed by atoms with Gasteiger partial charge in [0.2, 0.25) is 11.8 Å². The Morgan fingerprint density at radius 1 is 1.20 bits per heavy atom. The number of hydroxylamine groups is 2. The fourth-order valence-electron chi connectivity index (χ4n) is 6.08. The van der Waals surface area contributed by atoms with E-state index >= 15 is 0 Å². The molecule has 0 radical (unpaired) electrons.